The van der Waals surface area contributed by atoms with Crippen LogP contribution in [0.2, 0.25) is 0 Å². The van der Waals surface area contributed by atoms with Gasteiger partial charge in [0.15, 0.2) is 23.2 Å². The molecule has 0 amide bonds. The molecule has 6 heteroatoms. The molecule has 1 N–H and O–H groups in total. The molecule has 0 radical (unpaired) electrons. The van der Waals surface area contributed by atoms with Crippen molar-refractivity contribution in [3.05, 3.63) is 36.1 Å². The Balaban J connectivity index is 2.18. The van der Waals surface area contributed by atoms with Crippen LogP contribution in [0.15, 0.2) is 28.8 Å². The standard InChI is InChI=1S/C13H12FNO4/c1-18-10-3-2-8(6-9(10)14)11-7-15-12(19-11)4-5-13(16)17/h2-3,6-7H,4-5H2,1H3,(H,16,17). The van der Waals surface area contributed by atoms with Crippen LogP contribution in [0.1, 0.15) is 12.3 Å². The molecule has 19 heavy (non-hydrogen) atoms. The van der Waals surface area contributed by atoms with Crippen molar-refractivity contribution in [3.63, 3.8) is 0 Å². The third kappa shape index (κ3) is 3.09. The van der Waals surface area contributed by atoms with Gasteiger partial charge < -0.3 is 14.3 Å². The van der Waals surface area contributed by atoms with Crippen LogP contribution in [-0.2, 0) is 11.2 Å². The lowest BCUT2D eigenvalue weighted by Crippen LogP contribution is -1.97. The van der Waals surface area contributed by atoms with Crippen molar-refractivity contribution in [1.29, 1.82) is 0 Å². The predicted molar refractivity (Wildman–Crippen MR) is 64.4 cm³/mol. The number of hydrogen-bond acceptors (Lipinski definition) is 4. The Bertz CT molecular complexity index is 594. The Morgan fingerprint density at radius 3 is 2.95 bits per heavy atom. The molecule has 0 aliphatic rings. The number of halogens is 1. The van der Waals surface area contributed by atoms with Gasteiger partial charge in [-0.3, -0.25) is 4.79 Å². The summed E-state index contributed by atoms with van der Waals surface area (Å²) in [5.74, 6) is -0.566. The lowest BCUT2D eigenvalue weighted by Gasteiger charge is -2.02. The third-order valence-electron chi connectivity index (χ3n) is 2.54. The zero-order chi connectivity index (χ0) is 13.8. The third-order valence-corrected chi connectivity index (χ3v) is 2.54. The molecule has 100 valence electrons. The van der Waals surface area contributed by atoms with Crippen molar-refractivity contribution in [3.8, 4) is 17.1 Å². The summed E-state index contributed by atoms with van der Waals surface area (Å²) >= 11 is 0. The Labute approximate surface area is 108 Å². The quantitative estimate of drug-likeness (QED) is 0.899. The predicted octanol–water partition coefficient (Wildman–Crippen LogP) is 2.51. The maximum absolute atomic E-state index is 13.5. The molecule has 0 unspecified atom stereocenters. The number of ether oxygens (including phenoxy) is 1. The maximum atomic E-state index is 13.5. The first-order valence-corrected chi connectivity index (χ1v) is 5.60. The Morgan fingerprint density at radius 2 is 2.32 bits per heavy atom. The van der Waals surface area contributed by atoms with Crippen LogP contribution in [0.4, 0.5) is 4.39 Å². The first-order valence-electron chi connectivity index (χ1n) is 5.60. The van der Waals surface area contributed by atoms with E-state index in [0.29, 0.717) is 17.2 Å². The molecule has 0 saturated carbocycles. The van der Waals surface area contributed by atoms with Gasteiger partial charge in [0, 0.05) is 12.0 Å². The molecule has 0 fully saturated rings. The number of hydrogen-bond donors (Lipinski definition) is 1. The number of aliphatic carboxylic acids is 1. The van der Waals surface area contributed by atoms with E-state index in [0.717, 1.165) is 0 Å². The van der Waals surface area contributed by atoms with E-state index in [1.807, 2.05) is 0 Å². The fourth-order valence-electron chi connectivity index (χ4n) is 1.59. The van der Waals surface area contributed by atoms with Gasteiger partial charge in [0.05, 0.1) is 19.7 Å². The van der Waals surface area contributed by atoms with Crippen molar-refractivity contribution < 1.29 is 23.4 Å². The average molecular weight is 265 g/mol. The van der Waals surface area contributed by atoms with Crippen LogP contribution >= 0.6 is 0 Å². The van der Waals surface area contributed by atoms with Gasteiger partial charge in [-0.25, -0.2) is 9.37 Å². The van der Waals surface area contributed by atoms with Crippen LogP contribution in [0.3, 0.4) is 0 Å². The van der Waals surface area contributed by atoms with E-state index in [1.54, 1.807) is 6.07 Å². The second-order valence-electron chi connectivity index (χ2n) is 3.86. The topological polar surface area (TPSA) is 72.6 Å². The van der Waals surface area contributed by atoms with Gasteiger partial charge in [0.2, 0.25) is 0 Å². The zero-order valence-corrected chi connectivity index (χ0v) is 10.2. The lowest BCUT2D eigenvalue weighted by molar-refractivity contribution is -0.137. The molecular weight excluding hydrogens is 253 g/mol. The number of rotatable bonds is 5. The highest BCUT2D eigenvalue weighted by atomic mass is 19.1. The molecule has 0 bridgehead atoms. The van der Waals surface area contributed by atoms with E-state index in [-0.39, 0.29) is 18.6 Å². The molecule has 5 nitrogen and oxygen atoms in total. The minimum absolute atomic E-state index is 0.0586. The first-order chi connectivity index (χ1) is 9.10. The molecule has 1 heterocycles. The van der Waals surface area contributed by atoms with Gasteiger partial charge in [0.1, 0.15) is 0 Å². The van der Waals surface area contributed by atoms with Crippen molar-refractivity contribution in [2.24, 2.45) is 0 Å². The van der Waals surface area contributed by atoms with E-state index in [9.17, 15) is 9.18 Å². The first kappa shape index (κ1) is 13.1. The number of carboxylic acid groups (broad SMARTS) is 1. The fourth-order valence-corrected chi connectivity index (χ4v) is 1.59. The maximum Gasteiger partial charge on any atom is 0.303 e. The number of oxazole rings is 1. The van der Waals surface area contributed by atoms with E-state index >= 15 is 0 Å². The van der Waals surface area contributed by atoms with Gasteiger partial charge in [-0.15, -0.1) is 0 Å². The summed E-state index contributed by atoms with van der Waals surface area (Å²) in [6.45, 7) is 0. The lowest BCUT2D eigenvalue weighted by atomic mass is 10.2. The molecule has 1 aromatic heterocycles. The summed E-state index contributed by atoms with van der Waals surface area (Å²) in [5, 5.41) is 8.56. The largest absolute Gasteiger partial charge is 0.494 e. The summed E-state index contributed by atoms with van der Waals surface area (Å²) in [7, 11) is 1.39. The highest BCUT2D eigenvalue weighted by molar-refractivity contribution is 5.66. The SMILES string of the molecule is COc1ccc(-c2cnc(CCC(=O)O)o2)cc1F. The van der Waals surface area contributed by atoms with Gasteiger partial charge in [-0.2, -0.15) is 0 Å². The molecule has 0 spiro atoms. The van der Waals surface area contributed by atoms with Crippen LogP contribution in [0, 0.1) is 5.82 Å². The van der Waals surface area contributed by atoms with Gasteiger partial charge >= 0.3 is 5.97 Å². The second kappa shape index (κ2) is 5.51. The van der Waals surface area contributed by atoms with E-state index in [1.165, 1.54) is 25.4 Å². The smallest absolute Gasteiger partial charge is 0.303 e. The van der Waals surface area contributed by atoms with Crippen molar-refractivity contribution in [1.82, 2.24) is 4.98 Å². The van der Waals surface area contributed by atoms with Crippen molar-refractivity contribution in [2.75, 3.05) is 7.11 Å². The number of nitrogens with zero attached hydrogens (tertiary/aromatic N) is 1. The summed E-state index contributed by atoms with van der Waals surface area (Å²) in [5.41, 5.74) is 0.521. The number of aromatic nitrogens is 1. The monoisotopic (exact) mass is 265 g/mol. The van der Waals surface area contributed by atoms with Crippen molar-refractivity contribution in [2.45, 2.75) is 12.8 Å². The molecule has 0 saturated heterocycles. The molecule has 2 aromatic rings. The van der Waals surface area contributed by atoms with Crippen LogP contribution < -0.4 is 4.74 Å². The average Bonchev–Trinajstić information content (AvgIpc) is 2.85. The van der Waals surface area contributed by atoms with Crippen LogP contribution in [0.25, 0.3) is 11.3 Å². The summed E-state index contributed by atoms with van der Waals surface area (Å²) in [6.07, 6.45) is 1.59. The van der Waals surface area contributed by atoms with Crippen molar-refractivity contribution >= 4 is 5.97 Å². The van der Waals surface area contributed by atoms with Gasteiger partial charge in [-0.05, 0) is 18.2 Å². The highest BCUT2D eigenvalue weighted by Gasteiger charge is 2.10. The van der Waals surface area contributed by atoms with E-state index in [4.69, 9.17) is 14.3 Å². The van der Waals surface area contributed by atoms with Crippen LogP contribution in [0.5, 0.6) is 5.75 Å². The Morgan fingerprint density at radius 1 is 1.53 bits per heavy atom. The zero-order valence-electron chi connectivity index (χ0n) is 10.2. The molecule has 0 aliphatic carbocycles. The number of aryl methyl sites for hydroxylation is 1. The van der Waals surface area contributed by atoms with Crippen LogP contribution in [-0.4, -0.2) is 23.2 Å². The number of benzene rings is 1. The molecule has 2 rings (SSSR count). The molecule has 1 aromatic carbocycles. The number of carbonyl (C=O) groups is 1. The molecule has 0 atom stereocenters. The Hall–Kier alpha value is -2.37. The normalized spacial score (nSPS) is 10.4. The number of carboxylic acids is 1. The van der Waals surface area contributed by atoms with E-state index < -0.39 is 11.8 Å². The molecule has 0 aliphatic heterocycles. The number of methoxy groups -OCH3 is 1. The summed E-state index contributed by atoms with van der Waals surface area (Å²) in [6, 6.07) is 4.41. The minimum atomic E-state index is -0.921. The summed E-state index contributed by atoms with van der Waals surface area (Å²) < 4.78 is 23.7. The summed E-state index contributed by atoms with van der Waals surface area (Å²) in [4.78, 5) is 14.4. The Kier molecular flexibility index (Phi) is 3.79. The minimum Gasteiger partial charge on any atom is -0.494 e. The highest BCUT2D eigenvalue weighted by Crippen LogP contribution is 2.26. The van der Waals surface area contributed by atoms with Gasteiger partial charge in [-0.1, -0.05) is 0 Å². The second-order valence-corrected chi connectivity index (χ2v) is 3.86. The van der Waals surface area contributed by atoms with Gasteiger partial charge in [0.25, 0.3) is 0 Å². The fraction of sp³-hybridized carbons (Fsp3) is 0.231. The van der Waals surface area contributed by atoms with E-state index in [2.05, 4.69) is 4.98 Å². The molecular formula is C13H12FNO4.